The number of hydrogen-bond donors (Lipinski definition) is 1. The number of nitrogens with zero attached hydrogens (tertiary/aromatic N) is 2. The molecular weight excluding hydrogens is 192 g/mol. The molecule has 4 nitrogen and oxygen atoms in total. The fourth-order valence-electron chi connectivity index (χ4n) is 1.32. The highest BCUT2D eigenvalue weighted by Crippen LogP contribution is 2.03. The van der Waals surface area contributed by atoms with E-state index in [1.807, 2.05) is 31.6 Å². The van der Waals surface area contributed by atoms with Crippen LogP contribution in [0, 0.1) is 0 Å². The molecule has 0 aliphatic carbocycles. The highest BCUT2D eigenvalue weighted by molar-refractivity contribution is 5.05. The first-order chi connectivity index (χ1) is 7.11. The molecule has 1 aromatic heterocycles. The quantitative estimate of drug-likeness (QED) is 0.771. The van der Waals surface area contributed by atoms with Gasteiger partial charge in [-0.15, -0.1) is 0 Å². The second kappa shape index (κ2) is 5.88. The van der Waals surface area contributed by atoms with Crippen molar-refractivity contribution in [2.45, 2.75) is 45.9 Å². The van der Waals surface area contributed by atoms with Crippen molar-refractivity contribution in [3.63, 3.8) is 0 Å². The molecule has 1 N–H and O–H groups in total. The fraction of sp³-hybridized carbons (Fsp3) is 0.727. The number of ether oxygens (including phenoxy) is 1. The van der Waals surface area contributed by atoms with Crippen molar-refractivity contribution >= 4 is 0 Å². The average molecular weight is 212 g/mol. The van der Waals surface area contributed by atoms with Crippen LogP contribution in [0.15, 0.2) is 12.4 Å². The van der Waals surface area contributed by atoms with Gasteiger partial charge in [-0.3, -0.25) is 4.68 Å². The van der Waals surface area contributed by atoms with Crippen LogP contribution in [0.3, 0.4) is 0 Å². The lowest BCUT2D eigenvalue weighted by molar-refractivity contribution is 0.00620. The zero-order valence-electron chi connectivity index (χ0n) is 9.68. The largest absolute Gasteiger partial charge is 0.390 e. The van der Waals surface area contributed by atoms with Gasteiger partial charge in [-0.05, 0) is 26.3 Å². The first-order valence-corrected chi connectivity index (χ1v) is 5.42. The maximum atomic E-state index is 9.67. The Morgan fingerprint density at radius 2 is 2.27 bits per heavy atom. The molecule has 0 radical (unpaired) electrons. The van der Waals surface area contributed by atoms with Gasteiger partial charge in [0.1, 0.15) is 0 Å². The minimum Gasteiger partial charge on any atom is -0.390 e. The fourth-order valence-corrected chi connectivity index (χ4v) is 1.32. The zero-order chi connectivity index (χ0) is 11.3. The summed E-state index contributed by atoms with van der Waals surface area (Å²) in [5, 5.41) is 13.8. The third-order valence-electron chi connectivity index (χ3n) is 2.10. The summed E-state index contributed by atoms with van der Waals surface area (Å²) in [6.07, 6.45) is 4.08. The number of rotatable bonds is 6. The van der Waals surface area contributed by atoms with Crippen molar-refractivity contribution in [1.82, 2.24) is 9.78 Å². The number of aliphatic hydroxyl groups is 1. The lowest BCUT2D eigenvalue weighted by Crippen LogP contribution is -2.20. The van der Waals surface area contributed by atoms with Gasteiger partial charge in [0, 0.05) is 19.2 Å². The summed E-state index contributed by atoms with van der Waals surface area (Å²) in [5.41, 5.74) is 1.05. The van der Waals surface area contributed by atoms with Crippen LogP contribution in [0.1, 0.15) is 26.3 Å². The van der Waals surface area contributed by atoms with Crippen LogP contribution in [0.2, 0.25) is 0 Å². The standard InChI is InChI=1S/C11H20N2O2/c1-4-13-7-10(6-12-13)5-11(14)8-15-9(2)3/h6-7,9,11,14H,4-5,8H2,1-3H3. The van der Waals surface area contributed by atoms with Gasteiger partial charge in [0.25, 0.3) is 0 Å². The van der Waals surface area contributed by atoms with E-state index >= 15 is 0 Å². The molecule has 1 aromatic rings. The van der Waals surface area contributed by atoms with E-state index in [2.05, 4.69) is 5.10 Å². The summed E-state index contributed by atoms with van der Waals surface area (Å²) >= 11 is 0. The van der Waals surface area contributed by atoms with Crippen molar-refractivity contribution in [2.75, 3.05) is 6.61 Å². The molecule has 1 atom stereocenters. The zero-order valence-corrected chi connectivity index (χ0v) is 9.68. The Balaban J connectivity index is 2.33. The summed E-state index contributed by atoms with van der Waals surface area (Å²) in [4.78, 5) is 0. The maximum Gasteiger partial charge on any atom is 0.0815 e. The molecule has 0 saturated carbocycles. The normalized spacial score (nSPS) is 13.4. The van der Waals surface area contributed by atoms with Crippen molar-refractivity contribution in [2.24, 2.45) is 0 Å². The monoisotopic (exact) mass is 212 g/mol. The lowest BCUT2D eigenvalue weighted by atomic mass is 10.2. The molecule has 0 saturated heterocycles. The number of hydrogen-bond acceptors (Lipinski definition) is 3. The van der Waals surface area contributed by atoms with Crippen molar-refractivity contribution in [3.05, 3.63) is 18.0 Å². The minimum absolute atomic E-state index is 0.165. The van der Waals surface area contributed by atoms with E-state index in [-0.39, 0.29) is 6.10 Å². The van der Waals surface area contributed by atoms with Gasteiger partial charge in [-0.2, -0.15) is 5.10 Å². The molecule has 1 unspecified atom stereocenters. The van der Waals surface area contributed by atoms with Crippen molar-refractivity contribution < 1.29 is 9.84 Å². The van der Waals surface area contributed by atoms with Crippen LogP contribution in [-0.2, 0) is 17.7 Å². The number of aryl methyl sites for hydroxylation is 1. The van der Waals surface area contributed by atoms with Gasteiger partial charge >= 0.3 is 0 Å². The van der Waals surface area contributed by atoms with Gasteiger partial charge in [0.05, 0.1) is 25.0 Å². The van der Waals surface area contributed by atoms with Crippen molar-refractivity contribution in [1.29, 1.82) is 0 Å². The summed E-state index contributed by atoms with van der Waals surface area (Å²) < 4.78 is 7.18. The van der Waals surface area contributed by atoms with Crippen molar-refractivity contribution in [3.8, 4) is 0 Å². The Morgan fingerprint density at radius 1 is 1.53 bits per heavy atom. The van der Waals surface area contributed by atoms with E-state index in [0.717, 1.165) is 12.1 Å². The SMILES string of the molecule is CCn1cc(CC(O)COC(C)C)cn1. The predicted octanol–water partition coefficient (Wildman–Crippen LogP) is 1.23. The third-order valence-corrected chi connectivity index (χ3v) is 2.10. The molecular formula is C11H20N2O2. The highest BCUT2D eigenvalue weighted by atomic mass is 16.5. The second-order valence-electron chi connectivity index (χ2n) is 3.94. The molecule has 0 amide bonds. The Morgan fingerprint density at radius 3 is 2.80 bits per heavy atom. The van der Waals surface area contributed by atoms with E-state index in [1.54, 1.807) is 6.20 Å². The van der Waals surface area contributed by atoms with Crippen LogP contribution in [0.5, 0.6) is 0 Å². The molecule has 1 heterocycles. The summed E-state index contributed by atoms with van der Waals surface area (Å²) in [5.74, 6) is 0. The molecule has 0 aromatic carbocycles. The molecule has 86 valence electrons. The number of aromatic nitrogens is 2. The summed E-state index contributed by atoms with van der Waals surface area (Å²) in [6.45, 7) is 7.20. The van der Waals surface area contributed by atoms with Gasteiger partial charge in [0.2, 0.25) is 0 Å². The molecule has 0 aliphatic rings. The minimum atomic E-state index is -0.443. The Hall–Kier alpha value is -0.870. The lowest BCUT2D eigenvalue weighted by Gasteiger charge is -2.12. The predicted molar refractivity (Wildman–Crippen MR) is 58.7 cm³/mol. The van der Waals surface area contributed by atoms with Crippen LogP contribution in [0.25, 0.3) is 0 Å². The Labute approximate surface area is 90.9 Å². The topological polar surface area (TPSA) is 47.3 Å². The second-order valence-corrected chi connectivity index (χ2v) is 3.94. The Kier molecular flexibility index (Phi) is 4.78. The summed E-state index contributed by atoms with van der Waals surface area (Å²) in [6, 6.07) is 0. The van der Waals surface area contributed by atoms with Gasteiger partial charge in [0.15, 0.2) is 0 Å². The highest BCUT2D eigenvalue weighted by Gasteiger charge is 2.08. The molecule has 0 fully saturated rings. The molecule has 15 heavy (non-hydrogen) atoms. The van der Waals surface area contributed by atoms with Gasteiger partial charge in [-0.25, -0.2) is 0 Å². The molecule has 4 heteroatoms. The van der Waals surface area contributed by atoms with Gasteiger partial charge < -0.3 is 9.84 Å². The van der Waals surface area contributed by atoms with E-state index < -0.39 is 6.10 Å². The smallest absolute Gasteiger partial charge is 0.0815 e. The Bertz CT molecular complexity index is 284. The van der Waals surface area contributed by atoms with Crippen LogP contribution >= 0.6 is 0 Å². The number of aliphatic hydroxyl groups excluding tert-OH is 1. The average Bonchev–Trinajstić information content (AvgIpc) is 2.62. The van der Waals surface area contributed by atoms with Crippen LogP contribution < -0.4 is 0 Å². The first kappa shape index (κ1) is 12.2. The third kappa shape index (κ3) is 4.44. The van der Waals surface area contributed by atoms with Crippen LogP contribution in [0.4, 0.5) is 0 Å². The molecule has 0 aliphatic heterocycles. The van der Waals surface area contributed by atoms with Gasteiger partial charge in [-0.1, -0.05) is 0 Å². The maximum absolute atomic E-state index is 9.67. The van der Waals surface area contributed by atoms with E-state index in [0.29, 0.717) is 13.0 Å². The van der Waals surface area contributed by atoms with E-state index in [4.69, 9.17) is 4.74 Å². The first-order valence-electron chi connectivity index (χ1n) is 5.42. The van der Waals surface area contributed by atoms with E-state index in [9.17, 15) is 5.11 Å². The molecule has 0 spiro atoms. The molecule has 0 bridgehead atoms. The van der Waals surface area contributed by atoms with Crippen LogP contribution in [-0.4, -0.2) is 33.7 Å². The molecule has 1 rings (SSSR count). The van der Waals surface area contributed by atoms with E-state index in [1.165, 1.54) is 0 Å². The summed E-state index contributed by atoms with van der Waals surface area (Å²) in [7, 11) is 0.